The fourth-order valence-corrected chi connectivity index (χ4v) is 10.8. The minimum absolute atomic E-state index is 0.0605. The lowest BCUT2D eigenvalue weighted by atomic mass is 9.80. The van der Waals surface area contributed by atoms with Gasteiger partial charge in [0, 0.05) is 30.9 Å². The average Bonchev–Trinajstić information content (AvgIpc) is 3.89. The third-order valence-corrected chi connectivity index (χ3v) is 14.5. The van der Waals surface area contributed by atoms with E-state index in [2.05, 4.69) is 150 Å². The van der Waals surface area contributed by atoms with Gasteiger partial charge in [-0.3, -0.25) is 0 Å². The van der Waals surface area contributed by atoms with Gasteiger partial charge in [-0.05, 0) is 135 Å². The fraction of sp³-hybridized carbons (Fsp3) is 0.229. The molecule has 1 fully saturated rings. The number of rotatable bonds is 5. The van der Waals surface area contributed by atoms with Gasteiger partial charge in [0.25, 0.3) is 0 Å². The number of fused-ring (bicyclic) bond motifs is 2. The summed E-state index contributed by atoms with van der Waals surface area (Å²) in [7, 11) is -0.566. The van der Waals surface area contributed by atoms with Gasteiger partial charge >= 0.3 is 0 Å². The van der Waals surface area contributed by atoms with Crippen LogP contribution in [0.25, 0.3) is 51.1 Å². The highest BCUT2D eigenvalue weighted by atomic mass is 28.2. The SMILES string of the molecule is Cc1ccc(C2=Cc3c(ccc(C)c3-c3ccccc3)C2C2=c3c(cc(=[Si]4CCC4)c(C)c3-c3ccccc3)C=C2c2ccc(C(C)(C)C)o2)o1. The molecule has 51 heavy (non-hydrogen) atoms. The van der Waals surface area contributed by atoms with Crippen LogP contribution in [0.5, 0.6) is 0 Å². The van der Waals surface area contributed by atoms with Crippen LogP contribution < -0.4 is 5.22 Å². The first-order valence-electron chi connectivity index (χ1n) is 18.4. The average molecular weight is 681 g/mol. The van der Waals surface area contributed by atoms with E-state index in [1.807, 2.05) is 6.92 Å². The van der Waals surface area contributed by atoms with E-state index in [4.69, 9.17) is 8.83 Å². The molecule has 2 nitrogen and oxygen atoms in total. The molecule has 0 bridgehead atoms. The molecule has 3 heteroatoms. The zero-order valence-electron chi connectivity index (χ0n) is 30.5. The molecule has 9 rings (SSSR count). The molecule has 1 atom stereocenters. The monoisotopic (exact) mass is 680 g/mol. The Balaban J connectivity index is 1.42. The van der Waals surface area contributed by atoms with Crippen LogP contribution in [0.1, 0.15) is 84.0 Å². The van der Waals surface area contributed by atoms with Gasteiger partial charge in [0.05, 0.1) is 0 Å². The second-order valence-corrected chi connectivity index (χ2v) is 18.4. The largest absolute Gasteiger partial charge is 0.462 e. The maximum atomic E-state index is 6.86. The van der Waals surface area contributed by atoms with Crippen molar-refractivity contribution in [3.8, 4) is 22.3 Å². The van der Waals surface area contributed by atoms with Crippen LogP contribution >= 0.6 is 0 Å². The van der Waals surface area contributed by atoms with Crippen molar-refractivity contribution in [3.05, 3.63) is 164 Å². The molecule has 0 N–H and O–H groups in total. The van der Waals surface area contributed by atoms with Crippen LogP contribution in [0, 0.1) is 25.6 Å². The molecule has 4 aromatic carbocycles. The summed E-state index contributed by atoms with van der Waals surface area (Å²) < 4.78 is 13.4. The summed E-state index contributed by atoms with van der Waals surface area (Å²) in [4.78, 5) is 1.60. The zero-order valence-corrected chi connectivity index (χ0v) is 31.5. The minimum Gasteiger partial charge on any atom is -0.462 e. The Morgan fingerprint density at radius 1 is 0.686 bits per heavy atom. The van der Waals surface area contributed by atoms with Crippen LogP contribution in [-0.4, -0.2) is 8.41 Å². The summed E-state index contributed by atoms with van der Waals surface area (Å²) >= 11 is 0. The highest BCUT2D eigenvalue weighted by Gasteiger charge is 2.38. The van der Waals surface area contributed by atoms with Gasteiger partial charge in [-0.25, -0.2) is 0 Å². The molecule has 0 radical (unpaired) electrons. The lowest BCUT2D eigenvalue weighted by molar-refractivity contribution is 0.404. The summed E-state index contributed by atoms with van der Waals surface area (Å²) in [6.45, 7) is 13.4. The van der Waals surface area contributed by atoms with Crippen LogP contribution in [0.15, 0.2) is 112 Å². The molecule has 1 unspecified atom stereocenters. The summed E-state index contributed by atoms with van der Waals surface area (Å²) in [5, 5.41) is 1.34. The van der Waals surface area contributed by atoms with E-state index in [0.717, 1.165) is 23.0 Å². The molecule has 0 amide bonds. The van der Waals surface area contributed by atoms with E-state index in [0.29, 0.717) is 0 Å². The summed E-state index contributed by atoms with van der Waals surface area (Å²) in [5.74, 6) is 3.72. The molecular weight excluding hydrogens is 637 g/mol. The molecule has 2 aromatic heterocycles. The highest BCUT2D eigenvalue weighted by Crippen LogP contribution is 2.55. The smallest absolute Gasteiger partial charge is 0.134 e. The van der Waals surface area contributed by atoms with Crippen molar-refractivity contribution >= 4 is 37.3 Å². The van der Waals surface area contributed by atoms with Gasteiger partial charge in [-0.2, -0.15) is 0 Å². The van der Waals surface area contributed by atoms with Gasteiger partial charge in [0.15, 0.2) is 0 Å². The van der Waals surface area contributed by atoms with Crippen LogP contribution in [0.4, 0.5) is 0 Å². The van der Waals surface area contributed by atoms with Gasteiger partial charge in [-0.1, -0.05) is 106 Å². The predicted octanol–water partition coefficient (Wildman–Crippen LogP) is 12.2. The third-order valence-electron chi connectivity index (χ3n) is 11.3. The first-order chi connectivity index (χ1) is 24.7. The van der Waals surface area contributed by atoms with E-state index >= 15 is 0 Å². The van der Waals surface area contributed by atoms with Gasteiger partial charge in [0.1, 0.15) is 23.0 Å². The molecule has 3 aliphatic rings. The van der Waals surface area contributed by atoms with E-state index in [9.17, 15) is 0 Å². The summed E-state index contributed by atoms with van der Waals surface area (Å²) in [6.07, 6.45) is 6.22. The maximum absolute atomic E-state index is 6.86. The lowest BCUT2D eigenvalue weighted by Crippen LogP contribution is -2.20. The van der Waals surface area contributed by atoms with E-state index in [1.165, 1.54) is 90.5 Å². The van der Waals surface area contributed by atoms with E-state index in [1.54, 1.807) is 4.81 Å². The Morgan fingerprint density at radius 3 is 1.98 bits per heavy atom. The molecule has 1 aliphatic heterocycles. The van der Waals surface area contributed by atoms with Crippen molar-refractivity contribution in [3.63, 3.8) is 0 Å². The molecule has 1 saturated heterocycles. The van der Waals surface area contributed by atoms with Crippen molar-refractivity contribution in [1.29, 1.82) is 0 Å². The molecule has 6 aromatic rings. The second kappa shape index (κ2) is 12.1. The standard InChI is InChI=1S/C48H44O2Si/c1-29-18-20-35-36(43(29)32-14-9-7-10-15-32)28-38(39-21-19-30(2)49-39)46(35)47-37(40-22-23-42(50-40)48(4,5)6)26-34-27-41(51-24-13-25-51)31(3)44(45(34)47)33-16-11-8-12-17-33/h7-12,14-23,26-28,46H,13,24-25H2,1-6H3. The second-order valence-electron chi connectivity index (χ2n) is 15.7. The molecule has 3 heterocycles. The Bertz CT molecular complexity index is 2540. The van der Waals surface area contributed by atoms with Crippen LogP contribution in [0.2, 0.25) is 12.1 Å². The number of allylic oxidation sites excluding steroid dienone is 2. The first kappa shape index (κ1) is 32.0. The number of aryl methyl sites for hydroxylation is 2. The predicted molar refractivity (Wildman–Crippen MR) is 214 cm³/mol. The Hall–Kier alpha value is -4.99. The van der Waals surface area contributed by atoms with Gasteiger partial charge in [-0.15, -0.1) is 0 Å². The Morgan fingerprint density at radius 2 is 1.37 bits per heavy atom. The van der Waals surface area contributed by atoms with E-state index in [-0.39, 0.29) is 11.3 Å². The van der Waals surface area contributed by atoms with Gasteiger partial charge in [0.2, 0.25) is 0 Å². The zero-order chi connectivity index (χ0) is 35.0. The van der Waals surface area contributed by atoms with Crippen molar-refractivity contribution in [2.45, 2.75) is 71.4 Å². The molecule has 0 spiro atoms. The quantitative estimate of drug-likeness (QED) is 0.169. The van der Waals surface area contributed by atoms with Crippen molar-refractivity contribution in [2.24, 2.45) is 0 Å². The highest BCUT2D eigenvalue weighted by molar-refractivity contribution is 6.53. The molecule has 2 aliphatic carbocycles. The molecule has 252 valence electrons. The van der Waals surface area contributed by atoms with Crippen LogP contribution in [0.3, 0.4) is 0 Å². The number of benzene rings is 4. The first-order valence-corrected chi connectivity index (χ1v) is 20.3. The van der Waals surface area contributed by atoms with Crippen molar-refractivity contribution < 1.29 is 8.83 Å². The molecular formula is C48H44O2Si. The summed E-state index contributed by atoms with van der Waals surface area (Å²) in [6, 6.07) is 40.6. The fourth-order valence-electron chi connectivity index (χ4n) is 8.58. The van der Waals surface area contributed by atoms with Crippen molar-refractivity contribution in [1.82, 2.24) is 0 Å². The Kier molecular flexibility index (Phi) is 7.56. The van der Waals surface area contributed by atoms with E-state index < -0.39 is 8.41 Å². The lowest BCUT2D eigenvalue weighted by Gasteiger charge is -2.23. The Labute approximate surface area is 302 Å². The number of hydrogen-bond acceptors (Lipinski definition) is 2. The normalized spacial score (nSPS) is 16.5. The third kappa shape index (κ3) is 5.24. The minimum atomic E-state index is -0.566. The maximum Gasteiger partial charge on any atom is 0.134 e. The topological polar surface area (TPSA) is 26.3 Å². The van der Waals surface area contributed by atoms with Crippen LogP contribution in [-0.2, 0) is 5.41 Å². The van der Waals surface area contributed by atoms with Gasteiger partial charge < -0.3 is 8.83 Å². The number of hydrogen-bond donors (Lipinski definition) is 0. The summed E-state index contributed by atoms with van der Waals surface area (Å²) in [5.41, 5.74) is 15.4. The molecule has 0 saturated carbocycles. The number of furan rings is 2. The van der Waals surface area contributed by atoms with Crippen molar-refractivity contribution in [2.75, 3.05) is 0 Å².